The van der Waals surface area contributed by atoms with E-state index >= 15 is 0 Å². The van der Waals surface area contributed by atoms with Gasteiger partial charge in [0.15, 0.2) is 0 Å². The van der Waals surface area contributed by atoms with Crippen molar-refractivity contribution in [2.24, 2.45) is 0 Å². The Labute approximate surface area is 95.5 Å². The van der Waals surface area contributed by atoms with Crippen molar-refractivity contribution in [1.29, 1.82) is 0 Å². The van der Waals surface area contributed by atoms with E-state index in [1.807, 2.05) is 43.5 Å². The molecule has 0 aliphatic rings. The number of nitrogens with one attached hydrogen (secondary N) is 2. The highest BCUT2D eigenvalue weighted by molar-refractivity contribution is 5.56. The largest absolute Gasteiger partial charge is 0.492 e. The van der Waals surface area contributed by atoms with Gasteiger partial charge in [0.2, 0.25) is 0 Å². The molecule has 0 aliphatic carbocycles. The molecule has 0 aliphatic heterocycles. The topological polar surface area (TPSA) is 37.0 Å². The van der Waals surface area contributed by atoms with Crippen molar-refractivity contribution in [2.45, 2.75) is 13.5 Å². The van der Waals surface area contributed by atoms with Crippen LogP contribution in [0.15, 0.2) is 42.6 Å². The first kappa shape index (κ1) is 10.6. The van der Waals surface area contributed by atoms with Gasteiger partial charge in [-0.3, -0.25) is 0 Å². The van der Waals surface area contributed by atoms with Crippen molar-refractivity contribution >= 4 is 5.69 Å². The highest BCUT2D eigenvalue weighted by Crippen LogP contribution is 2.23. The first-order valence-corrected chi connectivity index (χ1v) is 5.48. The monoisotopic (exact) mass is 216 g/mol. The van der Waals surface area contributed by atoms with Crippen LogP contribution in [-0.2, 0) is 6.54 Å². The van der Waals surface area contributed by atoms with Gasteiger partial charge in [-0.2, -0.15) is 0 Å². The first-order chi connectivity index (χ1) is 7.90. The van der Waals surface area contributed by atoms with Gasteiger partial charge in [-0.25, -0.2) is 0 Å². The Bertz CT molecular complexity index is 423. The van der Waals surface area contributed by atoms with Crippen LogP contribution in [0.25, 0.3) is 0 Å². The van der Waals surface area contributed by atoms with Crippen LogP contribution in [0.1, 0.15) is 12.6 Å². The second-order valence-corrected chi connectivity index (χ2v) is 3.48. The summed E-state index contributed by atoms with van der Waals surface area (Å²) in [5, 5.41) is 3.34. The molecule has 3 heteroatoms. The van der Waals surface area contributed by atoms with Gasteiger partial charge in [-0.05, 0) is 31.2 Å². The predicted octanol–water partition coefficient (Wildman–Crippen LogP) is 3.03. The van der Waals surface area contributed by atoms with E-state index in [4.69, 9.17) is 4.74 Å². The number of hydrogen-bond donors (Lipinski definition) is 2. The third-order valence-corrected chi connectivity index (χ3v) is 2.32. The summed E-state index contributed by atoms with van der Waals surface area (Å²) in [4.78, 5) is 3.16. The van der Waals surface area contributed by atoms with Gasteiger partial charge in [-0.1, -0.05) is 12.1 Å². The second-order valence-electron chi connectivity index (χ2n) is 3.48. The standard InChI is InChI=1S/C13H16N2O/c1-2-16-13-8-4-3-7-12(13)15-10-11-6-5-9-14-11/h3-9,14-15H,2,10H2,1H3. The molecule has 0 saturated carbocycles. The average molecular weight is 216 g/mol. The van der Waals surface area contributed by atoms with Gasteiger partial charge in [0, 0.05) is 11.9 Å². The van der Waals surface area contributed by atoms with Crippen LogP contribution in [0, 0.1) is 0 Å². The third kappa shape index (κ3) is 2.57. The zero-order chi connectivity index (χ0) is 11.2. The Morgan fingerprint density at radius 2 is 2.06 bits per heavy atom. The maximum atomic E-state index is 5.53. The summed E-state index contributed by atoms with van der Waals surface area (Å²) in [6.45, 7) is 3.44. The maximum Gasteiger partial charge on any atom is 0.142 e. The van der Waals surface area contributed by atoms with E-state index in [9.17, 15) is 0 Å². The number of para-hydroxylation sites is 2. The van der Waals surface area contributed by atoms with Crippen LogP contribution in [0.5, 0.6) is 5.75 Å². The molecule has 0 amide bonds. The van der Waals surface area contributed by atoms with Crippen molar-refractivity contribution in [2.75, 3.05) is 11.9 Å². The van der Waals surface area contributed by atoms with Gasteiger partial charge in [0.1, 0.15) is 5.75 Å². The quantitative estimate of drug-likeness (QED) is 0.806. The van der Waals surface area contributed by atoms with Crippen molar-refractivity contribution in [3.05, 3.63) is 48.3 Å². The van der Waals surface area contributed by atoms with Gasteiger partial charge >= 0.3 is 0 Å². The summed E-state index contributed by atoms with van der Waals surface area (Å²) in [6, 6.07) is 12.0. The lowest BCUT2D eigenvalue weighted by Crippen LogP contribution is -2.02. The van der Waals surface area contributed by atoms with Crippen molar-refractivity contribution < 1.29 is 4.74 Å². The van der Waals surface area contributed by atoms with Gasteiger partial charge < -0.3 is 15.0 Å². The normalized spacial score (nSPS) is 10.1. The van der Waals surface area contributed by atoms with E-state index < -0.39 is 0 Å². The SMILES string of the molecule is CCOc1ccccc1NCc1ccc[nH]1. The molecule has 1 heterocycles. The Morgan fingerprint density at radius 3 is 2.81 bits per heavy atom. The first-order valence-electron chi connectivity index (χ1n) is 5.48. The Kier molecular flexibility index (Phi) is 3.49. The number of aromatic nitrogens is 1. The van der Waals surface area contributed by atoms with Crippen molar-refractivity contribution in [3.8, 4) is 5.75 Å². The minimum atomic E-state index is 0.682. The molecule has 0 saturated heterocycles. The van der Waals surface area contributed by atoms with Crippen LogP contribution in [-0.4, -0.2) is 11.6 Å². The molecular weight excluding hydrogens is 200 g/mol. The minimum absolute atomic E-state index is 0.682. The molecule has 3 nitrogen and oxygen atoms in total. The van der Waals surface area contributed by atoms with Gasteiger partial charge in [-0.15, -0.1) is 0 Å². The molecule has 0 bridgehead atoms. The molecule has 1 aromatic carbocycles. The zero-order valence-corrected chi connectivity index (χ0v) is 9.36. The van der Waals surface area contributed by atoms with Gasteiger partial charge in [0.25, 0.3) is 0 Å². The van der Waals surface area contributed by atoms with Gasteiger partial charge in [0.05, 0.1) is 18.8 Å². The molecular formula is C13H16N2O. The molecule has 84 valence electrons. The van der Waals surface area contributed by atoms with Crippen LogP contribution >= 0.6 is 0 Å². The number of aromatic amines is 1. The fourth-order valence-electron chi connectivity index (χ4n) is 1.56. The number of benzene rings is 1. The Balaban J connectivity index is 2.03. The van der Waals surface area contributed by atoms with E-state index in [0.717, 1.165) is 23.7 Å². The lowest BCUT2D eigenvalue weighted by atomic mass is 10.3. The number of hydrogen-bond acceptors (Lipinski definition) is 2. The molecule has 0 fully saturated rings. The summed E-state index contributed by atoms with van der Waals surface area (Å²) in [5.74, 6) is 0.900. The highest BCUT2D eigenvalue weighted by Gasteiger charge is 2.01. The molecule has 0 radical (unpaired) electrons. The lowest BCUT2D eigenvalue weighted by Gasteiger charge is -2.11. The van der Waals surface area contributed by atoms with E-state index in [1.165, 1.54) is 0 Å². The molecule has 2 N–H and O–H groups in total. The highest BCUT2D eigenvalue weighted by atomic mass is 16.5. The second kappa shape index (κ2) is 5.26. The summed E-state index contributed by atoms with van der Waals surface area (Å²) in [7, 11) is 0. The lowest BCUT2D eigenvalue weighted by molar-refractivity contribution is 0.341. The smallest absolute Gasteiger partial charge is 0.142 e. The molecule has 0 unspecified atom stereocenters. The van der Waals surface area contributed by atoms with E-state index in [1.54, 1.807) is 0 Å². The maximum absolute atomic E-state index is 5.53. The summed E-state index contributed by atoms with van der Waals surface area (Å²) >= 11 is 0. The van der Waals surface area contributed by atoms with E-state index in [2.05, 4.69) is 16.4 Å². The summed E-state index contributed by atoms with van der Waals surface area (Å²) < 4.78 is 5.53. The number of ether oxygens (including phenoxy) is 1. The van der Waals surface area contributed by atoms with E-state index in [-0.39, 0.29) is 0 Å². The fraction of sp³-hybridized carbons (Fsp3) is 0.231. The molecule has 2 aromatic rings. The Hall–Kier alpha value is -1.90. The van der Waals surface area contributed by atoms with Crippen LogP contribution in [0.4, 0.5) is 5.69 Å². The molecule has 2 rings (SSSR count). The third-order valence-electron chi connectivity index (χ3n) is 2.32. The molecule has 1 aromatic heterocycles. The van der Waals surface area contributed by atoms with Crippen LogP contribution in [0.3, 0.4) is 0 Å². The number of H-pyrrole nitrogens is 1. The molecule has 16 heavy (non-hydrogen) atoms. The molecule has 0 atom stereocenters. The number of rotatable bonds is 5. The minimum Gasteiger partial charge on any atom is -0.492 e. The van der Waals surface area contributed by atoms with Crippen LogP contribution < -0.4 is 10.1 Å². The fourth-order valence-corrected chi connectivity index (χ4v) is 1.56. The summed E-state index contributed by atoms with van der Waals surface area (Å²) in [6.07, 6.45) is 1.92. The zero-order valence-electron chi connectivity index (χ0n) is 9.36. The average Bonchev–Trinajstić information content (AvgIpc) is 2.81. The van der Waals surface area contributed by atoms with Crippen molar-refractivity contribution in [1.82, 2.24) is 4.98 Å². The predicted molar refractivity (Wildman–Crippen MR) is 65.7 cm³/mol. The van der Waals surface area contributed by atoms with E-state index in [0.29, 0.717) is 6.61 Å². The van der Waals surface area contributed by atoms with Crippen LogP contribution in [0.2, 0.25) is 0 Å². The molecule has 0 spiro atoms. The number of anilines is 1. The Morgan fingerprint density at radius 1 is 1.19 bits per heavy atom. The summed E-state index contributed by atoms with van der Waals surface area (Å²) in [5.41, 5.74) is 2.19. The van der Waals surface area contributed by atoms with Crippen molar-refractivity contribution in [3.63, 3.8) is 0 Å².